The third-order valence-electron chi connectivity index (χ3n) is 9.90. The van der Waals surface area contributed by atoms with E-state index in [9.17, 15) is 24.6 Å². The van der Waals surface area contributed by atoms with Gasteiger partial charge in [0.15, 0.2) is 5.78 Å². The fraction of sp³-hybridized carbons (Fsp3) is 0.767. The number of Topliss-reactive ketones (excluding diaryl/α,β-unsaturated/α-hetero) is 1. The minimum Gasteiger partial charge on any atom is -0.461 e. The fourth-order valence-corrected chi connectivity index (χ4v) is 7.96. The van der Waals surface area contributed by atoms with Gasteiger partial charge in [-0.25, -0.2) is 0 Å². The van der Waals surface area contributed by atoms with Crippen LogP contribution in [0.4, 0.5) is 0 Å². The zero-order valence-electron chi connectivity index (χ0n) is 23.3. The molecule has 0 aromatic heterocycles. The lowest BCUT2D eigenvalue weighted by atomic mass is 9.60. The fourth-order valence-electron chi connectivity index (χ4n) is 7.96. The maximum Gasteiger partial charge on any atom is 0.306 e. The van der Waals surface area contributed by atoms with Crippen molar-refractivity contribution in [2.75, 3.05) is 6.61 Å². The van der Waals surface area contributed by atoms with Gasteiger partial charge in [-0.3, -0.25) is 14.4 Å². The quantitative estimate of drug-likeness (QED) is 0.265. The van der Waals surface area contributed by atoms with Gasteiger partial charge in [0.05, 0.1) is 5.60 Å². The van der Waals surface area contributed by atoms with Crippen LogP contribution in [0.2, 0.25) is 0 Å². The first-order valence-corrected chi connectivity index (χ1v) is 14.0. The molecule has 7 nitrogen and oxygen atoms in total. The van der Waals surface area contributed by atoms with Crippen molar-refractivity contribution in [2.24, 2.45) is 29.1 Å². The number of hydrogen-bond donors (Lipinski definition) is 2. The second kappa shape index (κ2) is 9.64. The Balaban J connectivity index is 1.64. The predicted octanol–water partition coefficient (Wildman–Crippen LogP) is 4.44. The molecule has 2 saturated carbocycles. The van der Waals surface area contributed by atoms with Gasteiger partial charge in [0.1, 0.15) is 17.8 Å². The average molecular weight is 517 g/mol. The summed E-state index contributed by atoms with van der Waals surface area (Å²) < 4.78 is 11.6. The first kappa shape index (κ1) is 28.0. The van der Waals surface area contributed by atoms with Crippen LogP contribution < -0.4 is 0 Å². The standard InChI is InChI=1S/C30H44O7/c1-7-8-9-10-11-12-24(32)36-17-21-14-22-25-27(5,6)29(25,37-20(4)31)15-19(3)30(22,35)23-13-18(2)26(33)28(23,34)16-21/h13-14,19,22-23,25,34-35H,7-12,15-17H2,1-6H3/t19-,22+,23-,25-,28-,29+,30-/m1/s1. The van der Waals surface area contributed by atoms with E-state index in [4.69, 9.17) is 9.47 Å². The van der Waals surface area contributed by atoms with Crippen molar-refractivity contribution in [2.45, 2.75) is 110 Å². The molecule has 0 bridgehead atoms. The first-order valence-electron chi connectivity index (χ1n) is 14.0. The zero-order valence-corrected chi connectivity index (χ0v) is 23.3. The largest absolute Gasteiger partial charge is 0.461 e. The van der Waals surface area contributed by atoms with Crippen LogP contribution in [0, 0.1) is 29.1 Å². The molecule has 37 heavy (non-hydrogen) atoms. The number of fused-ring (bicyclic) bond motifs is 5. The molecule has 0 aromatic rings. The third kappa shape index (κ3) is 4.30. The van der Waals surface area contributed by atoms with Gasteiger partial charge in [-0.2, -0.15) is 0 Å². The van der Waals surface area contributed by atoms with Gasteiger partial charge in [-0.1, -0.05) is 65.5 Å². The Morgan fingerprint density at radius 1 is 1.11 bits per heavy atom. The molecule has 0 spiro atoms. The van der Waals surface area contributed by atoms with E-state index in [-0.39, 0.29) is 42.6 Å². The lowest BCUT2D eigenvalue weighted by Crippen LogP contribution is -2.61. The molecular formula is C30H44O7. The number of carbonyl (C=O) groups excluding carboxylic acids is 3. The molecule has 4 aliphatic carbocycles. The van der Waals surface area contributed by atoms with Gasteiger partial charge in [0.2, 0.25) is 0 Å². The maximum absolute atomic E-state index is 13.2. The van der Waals surface area contributed by atoms with E-state index in [1.54, 1.807) is 13.0 Å². The molecule has 4 rings (SSSR count). The number of esters is 2. The van der Waals surface area contributed by atoms with Gasteiger partial charge < -0.3 is 19.7 Å². The van der Waals surface area contributed by atoms with Crippen molar-refractivity contribution in [3.63, 3.8) is 0 Å². The highest BCUT2D eigenvalue weighted by atomic mass is 16.6. The summed E-state index contributed by atoms with van der Waals surface area (Å²) in [5.74, 6) is -2.89. The molecule has 0 aliphatic heterocycles. The Morgan fingerprint density at radius 2 is 1.78 bits per heavy atom. The highest BCUT2D eigenvalue weighted by molar-refractivity contribution is 6.04. The van der Waals surface area contributed by atoms with Crippen LogP contribution in [0.25, 0.3) is 0 Å². The van der Waals surface area contributed by atoms with Crippen LogP contribution in [0.1, 0.15) is 92.9 Å². The van der Waals surface area contributed by atoms with Gasteiger partial charge in [0.25, 0.3) is 0 Å². The number of carbonyl (C=O) groups is 3. The Hall–Kier alpha value is -1.99. The number of hydrogen-bond acceptors (Lipinski definition) is 7. The van der Waals surface area contributed by atoms with E-state index in [2.05, 4.69) is 6.92 Å². The van der Waals surface area contributed by atoms with Gasteiger partial charge in [0, 0.05) is 42.9 Å². The minimum atomic E-state index is -1.80. The summed E-state index contributed by atoms with van der Waals surface area (Å²) in [4.78, 5) is 37.8. The monoisotopic (exact) mass is 516 g/mol. The number of ketones is 1. The number of aliphatic hydroxyl groups is 2. The van der Waals surface area contributed by atoms with Crippen molar-refractivity contribution in [3.05, 3.63) is 23.3 Å². The highest BCUT2D eigenvalue weighted by Crippen LogP contribution is 2.76. The molecule has 4 aliphatic rings. The van der Waals surface area contributed by atoms with Crippen molar-refractivity contribution >= 4 is 17.7 Å². The lowest BCUT2D eigenvalue weighted by molar-refractivity contribution is -0.186. The Labute approximate surface area is 220 Å². The maximum atomic E-state index is 13.2. The number of unbranched alkanes of at least 4 members (excludes halogenated alkanes) is 4. The summed E-state index contributed by atoms with van der Waals surface area (Å²) in [5.41, 5.74) is -3.30. The molecule has 0 radical (unpaired) electrons. The van der Waals surface area contributed by atoms with E-state index in [0.717, 1.165) is 32.1 Å². The summed E-state index contributed by atoms with van der Waals surface area (Å²) in [6, 6.07) is 0. The molecule has 2 N–H and O–H groups in total. The molecule has 0 aromatic carbocycles. The van der Waals surface area contributed by atoms with Crippen molar-refractivity contribution in [3.8, 4) is 0 Å². The van der Waals surface area contributed by atoms with E-state index in [1.807, 2.05) is 26.8 Å². The van der Waals surface area contributed by atoms with Gasteiger partial charge in [-0.05, 0) is 36.8 Å². The SMILES string of the molecule is CCCCCCCC(=O)OCC1=C[C@H]2[C@@H]3C(C)(C)[C@]3(OC(C)=O)C[C@@H](C)[C@]2(O)[C@@H]2C=C(C)C(=O)[C@@]2(O)C1. The van der Waals surface area contributed by atoms with Crippen LogP contribution >= 0.6 is 0 Å². The van der Waals surface area contributed by atoms with Crippen LogP contribution in [-0.2, 0) is 23.9 Å². The van der Waals surface area contributed by atoms with E-state index < -0.39 is 34.1 Å². The summed E-state index contributed by atoms with van der Waals surface area (Å²) in [6.45, 7) is 11.2. The average Bonchev–Trinajstić information content (AvgIpc) is 3.21. The van der Waals surface area contributed by atoms with Crippen LogP contribution in [0.15, 0.2) is 23.3 Å². The van der Waals surface area contributed by atoms with Crippen LogP contribution in [0.5, 0.6) is 0 Å². The summed E-state index contributed by atoms with van der Waals surface area (Å²) in [6.07, 6.45) is 9.54. The molecule has 7 heteroatoms. The van der Waals surface area contributed by atoms with E-state index in [0.29, 0.717) is 24.0 Å². The van der Waals surface area contributed by atoms with Gasteiger partial charge >= 0.3 is 11.9 Å². The van der Waals surface area contributed by atoms with E-state index >= 15 is 0 Å². The molecule has 206 valence electrons. The molecule has 0 amide bonds. The second-order valence-corrected chi connectivity index (χ2v) is 12.6. The van der Waals surface area contributed by atoms with Gasteiger partial charge in [-0.15, -0.1) is 0 Å². The van der Waals surface area contributed by atoms with Crippen molar-refractivity contribution in [1.82, 2.24) is 0 Å². The summed E-state index contributed by atoms with van der Waals surface area (Å²) >= 11 is 0. The second-order valence-electron chi connectivity index (χ2n) is 12.6. The normalized spacial score (nSPS) is 39.4. The Kier molecular flexibility index (Phi) is 7.30. The molecule has 0 unspecified atom stereocenters. The topological polar surface area (TPSA) is 110 Å². The molecule has 0 saturated heterocycles. The Bertz CT molecular complexity index is 1020. The van der Waals surface area contributed by atoms with E-state index in [1.165, 1.54) is 6.92 Å². The summed E-state index contributed by atoms with van der Waals surface area (Å²) in [7, 11) is 0. The van der Waals surface area contributed by atoms with Crippen molar-refractivity contribution in [1.29, 1.82) is 0 Å². The number of rotatable bonds is 9. The van der Waals surface area contributed by atoms with Crippen LogP contribution in [0.3, 0.4) is 0 Å². The predicted molar refractivity (Wildman–Crippen MR) is 138 cm³/mol. The summed E-state index contributed by atoms with van der Waals surface area (Å²) in [5, 5.41) is 24.2. The molecule has 7 atom stereocenters. The molecule has 0 heterocycles. The minimum absolute atomic E-state index is 0.00658. The zero-order chi connectivity index (χ0) is 27.4. The third-order valence-corrected chi connectivity index (χ3v) is 9.90. The van der Waals surface area contributed by atoms with Crippen molar-refractivity contribution < 1.29 is 34.1 Å². The first-order chi connectivity index (χ1) is 17.3. The highest BCUT2D eigenvalue weighted by Gasteiger charge is 2.83. The van der Waals surface area contributed by atoms with Crippen LogP contribution in [-0.4, -0.2) is 51.3 Å². The molecular weight excluding hydrogens is 472 g/mol. The Morgan fingerprint density at radius 3 is 2.43 bits per heavy atom. The molecule has 2 fully saturated rings. The smallest absolute Gasteiger partial charge is 0.306 e. The number of ether oxygens (including phenoxy) is 2. The lowest BCUT2D eigenvalue weighted by Gasteiger charge is -2.50.